The number of halogens is 2. The average Bonchev–Trinajstić information content (AvgIpc) is 3.02. The number of hydrogen-bond donors (Lipinski definition) is 1. The van der Waals surface area contributed by atoms with E-state index in [1.54, 1.807) is 30.1 Å². The highest BCUT2D eigenvalue weighted by atomic mass is 127. The third-order valence-corrected chi connectivity index (χ3v) is 3.88. The first kappa shape index (κ1) is 15.7. The highest BCUT2D eigenvalue weighted by Crippen LogP contribution is 2.28. The Labute approximate surface area is 145 Å². The molecule has 1 aromatic carbocycles. The van der Waals surface area contributed by atoms with Crippen molar-refractivity contribution >= 4 is 28.3 Å². The fraction of sp³-hybridized carbons (Fsp3) is 0.133. The second-order valence-electron chi connectivity index (χ2n) is 4.85. The van der Waals surface area contributed by atoms with E-state index in [-0.39, 0.29) is 11.7 Å². The van der Waals surface area contributed by atoms with Crippen molar-refractivity contribution in [2.45, 2.75) is 11.5 Å². The van der Waals surface area contributed by atoms with E-state index >= 15 is 0 Å². The van der Waals surface area contributed by atoms with E-state index in [0.717, 1.165) is 10.1 Å². The van der Waals surface area contributed by atoms with Crippen molar-refractivity contribution in [3.63, 3.8) is 0 Å². The molecule has 8 heteroatoms. The molecule has 118 valence electrons. The van der Waals surface area contributed by atoms with E-state index in [1.165, 1.54) is 12.1 Å². The average molecular weight is 425 g/mol. The van der Waals surface area contributed by atoms with Crippen molar-refractivity contribution in [2.24, 2.45) is 0 Å². The standard InChI is InChI=1S/C15H13FIN5O/c1-9-4-11(16)12(18)5-14(9)23-15-19-3-2-13(21-15)10-6-20-22(7-10)8-17/h2-7H,8,18H2,1H3. The van der Waals surface area contributed by atoms with Gasteiger partial charge in [0.15, 0.2) is 0 Å². The van der Waals surface area contributed by atoms with Crippen LogP contribution in [0.1, 0.15) is 5.56 Å². The normalized spacial score (nSPS) is 10.7. The van der Waals surface area contributed by atoms with E-state index in [1.807, 2.05) is 6.20 Å². The smallest absolute Gasteiger partial charge is 0.322 e. The minimum Gasteiger partial charge on any atom is -0.424 e. The number of alkyl halides is 1. The third kappa shape index (κ3) is 3.41. The largest absolute Gasteiger partial charge is 0.424 e. The van der Waals surface area contributed by atoms with Crippen LogP contribution in [0.4, 0.5) is 10.1 Å². The summed E-state index contributed by atoms with van der Waals surface area (Å²) in [5.74, 6) is -0.0558. The van der Waals surface area contributed by atoms with Crippen LogP contribution in [-0.2, 0) is 4.55 Å². The molecule has 3 aromatic rings. The number of ether oxygens (including phenoxy) is 1. The topological polar surface area (TPSA) is 78.9 Å². The molecule has 2 N–H and O–H groups in total. The van der Waals surface area contributed by atoms with Crippen LogP contribution in [-0.4, -0.2) is 19.7 Å². The van der Waals surface area contributed by atoms with E-state index in [4.69, 9.17) is 10.5 Å². The molecule has 2 heterocycles. The summed E-state index contributed by atoms with van der Waals surface area (Å²) >= 11 is 2.22. The number of aryl methyl sites for hydroxylation is 1. The Morgan fingerprint density at radius 2 is 2.22 bits per heavy atom. The van der Waals surface area contributed by atoms with E-state index < -0.39 is 5.82 Å². The molecular weight excluding hydrogens is 412 g/mol. The zero-order chi connectivity index (χ0) is 16.4. The Hall–Kier alpha value is -2.23. The predicted molar refractivity (Wildman–Crippen MR) is 92.9 cm³/mol. The summed E-state index contributed by atoms with van der Waals surface area (Å²) in [7, 11) is 0. The maximum atomic E-state index is 13.4. The molecule has 0 bridgehead atoms. The first-order valence-corrected chi connectivity index (χ1v) is 8.24. The van der Waals surface area contributed by atoms with Crippen molar-refractivity contribution in [3.8, 4) is 23.0 Å². The summed E-state index contributed by atoms with van der Waals surface area (Å²) in [5.41, 5.74) is 7.77. The monoisotopic (exact) mass is 425 g/mol. The highest BCUT2D eigenvalue weighted by molar-refractivity contribution is 14.1. The lowest BCUT2D eigenvalue weighted by atomic mass is 10.2. The van der Waals surface area contributed by atoms with Crippen LogP contribution in [0.5, 0.6) is 11.8 Å². The van der Waals surface area contributed by atoms with Gasteiger partial charge in [0.2, 0.25) is 0 Å². The minimum atomic E-state index is -0.476. The number of nitrogens with two attached hydrogens (primary N) is 1. The molecule has 0 atom stereocenters. The zero-order valence-corrected chi connectivity index (χ0v) is 14.4. The van der Waals surface area contributed by atoms with Gasteiger partial charge in [-0.05, 0) is 24.6 Å². The Morgan fingerprint density at radius 3 is 2.96 bits per heavy atom. The summed E-state index contributed by atoms with van der Waals surface area (Å²) in [4.78, 5) is 8.44. The van der Waals surface area contributed by atoms with Crippen LogP contribution in [0.15, 0.2) is 36.8 Å². The molecule has 0 radical (unpaired) electrons. The number of rotatable bonds is 4. The van der Waals surface area contributed by atoms with Crippen molar-refractivity contribution in [3.05, 3.63) is 48.2 Å². The molecule has 0 saturated carbocycles. The third-order valence-electron chi connectivity index (χ3n) is 3.18. The van der Waals surface area contributed by atoms with Gasteiger partial charge in [0.25, 0.3) is 0 Å². The van der Waals surface area contributed by atoms with Crippen molar-refractivity contribution in [1.82, 2.24) is 19.7 Å². The maximum Gasteiger partial charge on any atom is 0.322 e. The summed E-state index contributed by atoms with van der Waals surface area (Å²) in [6.45, 7) is 1.73. The summed E-state index contributed by atoms with van der Waals surface area (Å²) in [6, 6.07) is 4.68. The van der Waals surface area contributed by atoms with E-state index in [2.05, 4.69) is 37.7 Å². The molecule has 6 nitrogen and oxygen atoms in total. The molecule has 0 aliphatic carbocycles. The fourth-order valence-electron chi connectivity index (χ4n) is 1.99. The Morgan fingerprint density at radius 1 is 1.39 bits per heavy atom. The van der Waals surface area contributed by atoms with Gasteiger partial charge in [0, 0.05) is 24.0 Å². The SMILES string of the molecule is Cc1cc(F)c(N)cc1Oc1nccc(-c2cnn(CI)c2)n1. The van der Waals surface area contributed by atoms with Gasteiger partial charge in [0.05, 0.1) is 22.1 Å². The van der Waals surface area contributed by atoms with Gasteiger partial charge in [-0.1, -0.05) is 22.6 Å². The van der Waals surface area contributed by atoms with E-state index in [9.17, 15) is 4.39 Å². The van der Waals surface area contributed by atoms with Crippen molar-refractivity contribution in [1.29, 1.82) is 0 Å². The fourth-order valence-corrected chi connectivity index (χ4v) is 2.36. The van der Waals surface area contributed by atoms with Crippen molar-refractivity contribution < 1.29 is 9.13 Å². The quantitative estimate of drug-likeness (QED) is 0.393. The maximum absolute atomic E-state index is 13.4. The van der Waals surface area contributed by atoms with Crippen LogP contribution < -0.4 is 10.5 Å². The highest BCUT2D eigenvalue weighted by Gasteiger charge is 2.10. The number of hydrogen-bond acceptors (Lipinski definition) is 5. The van der Waals surface area contributed by atoms with E-state index in [0.29, 0.717) is 17.0 Å². The molecule has 0 saturated heterocycles. The van der Waals surface area contributed by atoms with Gasteiger partial charge in [-0.2, -0.15) is 10.1 Å². The lowest BCUT2D eigenvalue weighted by molar-refractivity contribution is 0.438. The number of anilines is 1. The van der Waals surface area contributed by atoms with Gasteiger partial charge < -0.3 is 10.5 Å². The second-order valence-corrected chi connectivity index (χ2v) is 5.54. The predicted octanol–water partition coefficient (Wildman–Crippen LogP) is 3.55. The number of nitrogen functional groups attached to an aromatic ring is 1. The molecule has 0 fully saturated rings. The number of benzene rings is 1. The van der Waals surface area contributed by atoms with Gasteiger partial charge in [-0.3, -0.25) is 4.68 Å². The lowest BCUT2D eigenvalue weighted by Gasteiger charge is -2.09. The summed E-state index contributed by atoms with van der Waals surface area (Å²) < 4.78 is 21.6. The zero-order valence-electron chi connectivity index (χ0n) is 12.2. The second kappa shape index (κ2) is 6.49. The van der Waals surface area contributed by atoms with Crippen LogP contribution in [0.3, 0.4) is 0 Å². The lowest BCUT2D eigenvalue weighted by Crippen LogP contribution is -1.98. The summed E-state index contributed by atoms with van der Waals surface area (Å²) in [6.07, 6.45) is 5.22. The first-order chi connectivity index (χ1) is 11.1. The van der Waals surface area contributed by atoms with Gasteiger partial charge >= 0.3 is 6.01 Å². The Balaban J connectivity index is 1.90. The molecule has 3 rings (SSSR count). The van der Waals surface area contributed by atoms with Crippen LogP contribution >= 0.6 is 22.6 Å². The molecule has 0 spiro atoms. The van der Waals surface area contributed by atoms with Crippen LogP contribution in [0, 0.1) is 12.7 Å². The van der Waals surface area contributed by atoms with Crippen LogP contribution in [0.2, 0.25) is 0 Å². The van der Waals surface area contributed by atoms with Gasteiger partial charge in [-0.15, -0.1) is 0 Å². The van der Waals surface area contributed by atoms with Crippen LogP contribution in [0.25, 0.3) is 11.3 Å². The molecule has 0 aliphatic rings. The summed E-state index contributed by atoms with van der Waals surface area (Å²) in [5, 5.41) is 4.21. The number of aromatic nitrogens is 4. The molecule has 0 unspecified atom stereocenters. The first-order valence-electron chi connectivity index (χ1n) is 6.72. The number of nitrogens with zero attached hydrogens (tertiary/aromatic N) is 4. The Kier molecular flexibility index (Phi) is 4.42. The Bertz CT molecular complexity index is 852. The minimum absolute atomic E-state index is 0.0186. The molecule has 0 aliphatic heterocycles. The van der Waals surface area contributed by atoms with Gasteiger partial charge in [0.1, 0.15) is 11.6 Å². The van der Waals surface area contributed by atoms with Gasteiger partial charge in [-0.25, -0.2) is 9.37 Å². The molecule has 23 heavy (non-hydrogen) atoms. The molecular formula is C15H13FIN5O. The molecule has 2 aromatic heterocycles. The molecule has 0 amide bonds. The van der Waals surface area contributed by atoms with Crippen molar-refractivity contribution in [2.75, 3.05) is 5.73 Å².